The van der Waals surface area contributed by atoms with Gasteiger partial charge in [0, 0.05) is 12.1 Å². The number of hydrogen-bond donors (Lipinski definition) is 1. The highest BCUT2D eigenvalue weighted by Gasteiger charge is 2.16. The first-order valence-corrected chi connectivity index (χ1v) is 6.55. The number of anilines is 1. The Kier molecular flexibility index (Phi) is 3.09. The molecule has 0 spiro atoms. The minimum Gasteiger partial charge on any atom is -0.328 e. The zero-order valence-corrected chi connectivity index (χ0v) is 11.6. The van der Waals surface area contributed by atoms with Crippen molar-refractivity contribution in [2.24, 2.45) is 0 Å². The van der Waals surface area contributed by atoms with Crippen LogP contribution in [0.25, 0.3) is 5.65 Å². The number of rotatable bonds is 4. The Labute approximate surface area is 116 Å². The second-order valence-electron chi connectivity index (χ2n) is 4.97. The van der Waals surface area contributed by atoms with Gasteiger partial charge in [0.15, 0.2) is 17.3 Å². The average Bonchev–Trinajstić information content (AvgIpc) is 3.04. The van der Waals surface area contributed by atoms with Crippen molar-refractivity contribution in [3.63, 3.8) is 0 Å². The maximum absolute atomic E-state index is 5.18. The Hall–Kier alpha value is -2.44. The highest BCUT2D eigenvalue weighted by molar-refractivity contribution is 5.38. The third-order valence-electron chi connectivity index (χ3n) is 3.03. The van der Waals surface area contributed by atoms with Gasteiger partial charge in [-0.25, -0.2) is 0 Å². The quantitative estimate of drug-likeness (QED) is 0.785. The molecule has 1 unspecified atom stereocenters. The highest BCUT2D eigenvalue weighted by Crippen LogP contribution is 2.19. The summed E-state index contributed by atoms with van der Waals surface area (Å²) in [5, 5.41) is 15.4. The lowest BCUT2D eigenvalue weighted by Crippen LogP contribution is -2.11. The molecule has 7 nitrogen and oxygen atoms in total. The van der Waals surface area contributed by atoms with E-state index in [4.69, 9.17) is 4.52 Å². The van der Waals surface area contributed by atoms with E-state index in [1.54, 1.807) is 0 Å². The number of aromatic nitrogens is 5. The van der Waals surface area contributed by atoms with Gasteiger partial charge in [0.1, 0.15) is 0 Å². The molecule has 3 aromatic rings. The predicted molar refractivity (Wildman–Crippen MR) is 73.4 cm³/mol. The molecule has 0 saturated heterocycles. The molecule has 0 bridgehead atoms. The van der Waals surface area contributed by atoms with Crippen LogP contribution < -0.4 is 5.32 Å². The molecule has 0 amide bonds. The molecule has 0 aromatic carbocycles. The molecule has 104 valence electrons. The third-order valence-corrected chi connectivity index (χ3v) is 3.03. The van der Waals surface area contributed by atoms with E-state index in [1.165, 1.54) is 0 Å². The van der Waals surface area contributed by atoms with E-state index in [9.17, 15) is 0 Å². The molecule has 3 heterocycles. The fourth-order valence-corrected chi connectivity index (χ4v) is 1.93. The normalized spacial score (nSPS) is 13.0. The minimum absolute atomic E-state index is 0.0899. The van der Waals surface area contributed by atoms with Crippen molar-refractivity contribution in [2.45, 2.75) is 32.7 Å². The van der Waals surface area contributed by atoms with Crippen LogP contribution in [-0.2, 0) is 0 Å². The maximum Gasteiger partial charge on any atom is 0.322 e. The molecular weight excluding hydrogens is 256 g/mol. The van der Waals surface area contributed by atoms with E-state index in [-0.39, 0.29) is 12.0 Å². The number of nitrogens with one attached hydrogen (secondary N) is 1. The lowest BCUT2D eigenvalue weighted by atomic mass is 10.2. The van der Waals surface area contributed by atoms with Crippen LogP contribution in [0, 0.1) is 0 Å². The van der Waals surface area contributed by atoms with Crippen molar-refractivity contribution in [1.29, 1.82) is 0 Å². The molecule has 1 atom stereocenters. The maximum atomic E-state index is 5.18. The summed E-state index contributed by atoms with van der Waals surface area (Å²) >= 11 is 0. The first-order chi connectivity index (χ1) is 9.65. The minimum atomic E-state index is -0.0899. The van der Waals surface area contributed by atoms with Gasteiger partial charge in [-0.15, -0.1) is 10.2 Å². The number of nitrogens with zero attached hydrogens (tertiary/aromatic N) is 5. The molecule has 7 heteroatoms. The summed E-state index contributed by atoms with van der Waals surface area (Å²) in [6.07, 6.45) is 1.93. The summed E-state index contributed by atoms with van der Waals surface area (Å²) in [6, 6.07) is 6.09. The van der Waals surface area contributed by atoms with Crippen LogP contribution in [0.15, 0.2) is 28.9 Å². The van der Waals surface area contributed by atoms with Gasteiger partial charge in [0.25, 0.3) is 0 Å². The number of pyridine rings is 1. The van der Waals surface area contributed by atoms with Crippen LogP contribution in [0.3, 0.4) is 0 Å². The highest BCUT2D eigenvalue weighted by atomic mass is 16.5. The summed E-state index contributed by atoms with van der Waals surface area (Å²) in [6.45, 7) is 6.01. The molecule has 1 N–H and O–H groups in total. The zero-order valence-electron chi connectivity index (χ0n) is 11.6. The summed E-state index contributed by atoms with van der Waals surface area (Å²) in [7, 11) is 0. The van der Waals surface area contributed by atoms with E-state index in [0.717, 1.165) is 11.5 Å². The summed E-state index contributed by atoms with van der Waals surface area (Å²) in [5.74, 6) is 1.72. The Balaban J connectivity index is 1.83. The second kappa shape index (κ2) is 4.92. The second-order valence-corrected chi connectivity index (χ2v) is 4.97. The molecule has 20 heavy (non-hydrogen) atoms. The Morgan fingerprint density at radius 2 is 2.05 bits per heavy atom. The van der Waals surface area contributed by atoms with E-state index in [2.05, 4.69) is 25.7 Å². The molecule has 0 saturated carbocycles. The SMILES string of the molecule is CC(C)c1noc(NC(C)c2nnc3ccccn23)n1. The zero-order chi connectivity index (χ0) is 14.1. The first kappa shape index (κ1) is 12.6. The van der Waals surface area contributed by atoms with Crippen LogP contribution >= 0.6 is 0 Å². The first-order valence-electron chi connectivity index (χ1n) is 6.55. The lowest BCUT2D eigenvalue weighted by molar-refractivity contribution is 0.416. The number of hydrogen-bond acceptors (Lipinski definition) is 6. The van der Waals surface area contributed by atoms with E-state index >= 15 is 0 Å². The standard InChI is InChI=1S/C13H16N6O/c1-8(2)11-15-13(20-18-11)14-9(3)12-17-16-10-6-4-5-7-19(10)12/h4-9H,1-3H3,(H,14,15,18). The van der Waals surface area contributed by atoms with Crippen LogP contribution in [0.1, 0.15) is 44.4 Å². The smallest absolute Gasteiger partial charge is 0.322 e. The van der Waals surface area contributed by atoms with Crippen molar-refractivity contribution in [1.82, 2.24) is 24.7 Å². The van der Waals surface area contributed by atoms with Crippen molar-refractivity contribution in [3.05, 3.63) is 36.0 Å². The topological polar surface area (TPSA) is 81.1 Å². The van der Waals surface area contributed by atoms with Gasteiger partial charge in [-0.05, 0) is 19.1 Å². The van der Waals surface area contributed by atoms with Gasteiger partial charge < -0.3 is 9.84 Å². The van der Waals surface area contributed by atoms with Gasteiger partial charge in [-0.3, -0.25) is 4.40 Å². The fourth-order valence-electron chi connectivity index (χ4n) is 1.93. The largest absolute Gasteiger partial charge is 0.328 e. The Morgan fingerprint density at radius 1 is 1.20 bits per heavy atom. The average molecular weight is 272 g/mol. The van der Waals surface area contributed by atoms with Crippen molar-refractivity contribution in [2.75, 3.05) is 5.32 Å². The third kappa shape index (κ3) is 2.22. The van der Waals surface area contributed by atoms with Gasteiger partial charge in [-0.2, -0.15) is 4.98 Å². The van der Waals surface area contributed by atoms with Gasteiger partial charge in [-0.1, -0.05) is 25.1 Å². The predicted octanol–water partition coefficient (Wildman–Crippen LogP) is 2.41. The summed E-state index contributed by atoms with van der Waals surface area (Å²) in [4.78, 5) is 4.29. The molecule has 3 rings (SSSR count). The lowest BCUT2D eigenvalue weighted by Gasteiger charge is -2.09. The Morgan fingerprint density at radius 3 is 2.80 bits per heavy atom. The molecule has 3 aromatic heterocycles. The van der Waals surface area contributed by atoms with E-state index < -0.39 is 0 Å². The number of fused-ring (bicyclic) bond motifs is 1. The summed E-state index contributed by atoms with van der Waals surface area (Å²) < 4.78 is 7.11. The Bertz CT molecular complexity index is 716. The van der Waals surface area contributed by atoms with Gasteiger partial charge in [0.05, 0.1) is 6.04 Å². The van der Waals surface area contributed by atoms with Crippen LogP contribution in [0.2, 0.25) is 0 Å². The van der Waals surface area contributed by atoms with Gasteiger partial charge >= 0.3 is 6.01 Å². The monoisotopic (exact) mass is 272 g/mol. The molecule has 0 aliphatic heterocycles. The van der Waals surface area contributed by atoms with E-state index in [1.807, 2.05) is 49.6 Å². The van der Waals surface area contributed by atoms with Crippen molar-refractivity contribution in [3.8, 4) is 0 Å². The molecule has 0 aliphatic carbocycles. The fraction of sp³-hybridized carbons (Fsp3) is 0.385. The van der Waals surface area contributed by atoms with Crippen molar-refractivity contribution < 1.29 is 4.52 Å². The van der Waals surface area contributed by atoms with Gasteiger partial charge in [0.2, 0.25) is 0 Å². The molecular formula is C13H16N6O. The molecule has 0 radical (unpaired) electrons. The van der Waals surface area contributed by atoms with Crippen LogP contribution in [-0.4, -0.2) is 24.7 Å². The van der Waals surface area contributed by atoms with E-state index in [0.29, 0.717) is 11.8 Å². The summed E-state index contributed by atoms with van der Waals surface area (Å²) in [5.41, 5.74) is 0.810. The van der Waals surface area contributed by atoms with Crippen LogP contribution in [0.5, 0.6) is 0 Å². The van der Waals surface area contributed by atoms with Crippen molar-refractivity contribution >= 4 is 11.7 Å². The van der Waals surface area contributed by atoms with Crippen LogP contribution in [0.4, 0.5) is 6.01 Å². The molecule has 0 aliphatic rings. The molecule has 0 fully saturated rings.